The molecule has 0 saturated carbocycles. The molecule has 1 aliphatic heterocycles. The van der Waals surface area contributed by atoms with Gasteiger partial charge in [-0.3, -0.25) is 0 Å². The lowest BCUT2D eigenvalue weighted by Crippen LogP contribution is -2.40. The Hall–Kier alpha value is -0.860. The molecule has 0 unspecified atom stereocenters. The highest BCUT2D eigenvalue weighted by atomic mass is 32.2. The quantitative estimate of drug-likeness (QED) is 0.732. The highest BCUT2D eigenvalue weighted by Crippen LogP contribution is 2.14. The van der Waals surface area contributed by atoms with Crippen LogP contribution in [0.3, 0.4) is 0 Å². The lowest BCUT2D eigenvalue weighted by Gasteiger charge is -2.23. The van der Waals surface area contributed by atoms with E-state index in [9.17, 15) is 13.2 Å². The van der Waals surface area contributed by atoms with Crippen molar-refractivity contribution >= 4 is 16.2 Å². The summed E-state index contributed by atoms with van der Waals surface area (Å²) in [4.78, 5) is 11.3. The highest BCUT2D eigenvalue weighted by molar-refractivity contribution is 7.87. The van der Waals surface area contributed by atoms with Gasteiger partial charge < -0.3 is 10.1 Å². The van der Waals surface area contributed by atoms with E-state index in [0.29, 0.717) is 25.9 Å². The first-order valence-electron chi connectivity index (χ1n) is 5.83. The first kappa shape index (κ1) is 15.2. The summed E-state index contributed by atoms with van der Waals surface area (Å²) in [7, 11) is -3.79. The third-order valence-electron chi connectivity index (χ3n) is 2.33. The Morgan fingerprint density at radius 1 is 1.28 bits per heavy atom. The summed E-state index contributed by atoms with van der Waals surface area (Å²) in [6, 6.07) is 0. The van der Waals surface area contributed by atoms with E-state index in [2.05, 4.69) is 9.60 Å². The number of hydrogen-bond donors (Lipinski definition) is 2. The van der Waals surface area contributed by atoms with Crippen LogP contribution in [0.2, 0.25) is 0 Å². The number of carbonyl (C=O) groups is 1. The van der Waals surface area contributed by atoms with E-state index in [1.165, 1.54) is 0 Å². The van der Waals surface area contributed by atoms with Gasteiger partial charge in [-0.25, -0.2) is 4.79 Å². The molecule has 1 fully saturated rings. The van der Waals surface area contributed by atoms with Crippen LogP contribution in [-0.2, 0) is 19.1 Å². The summed E-state index contributed by atoms with van der Waals surface area (Å²) in [6.45, 7) is 6.27. The van der Waals surface area contributed by atoms with Gasteiger partial charge in [0.25, 0.3) is 10.1 Å². The van der Waals surface area contributed by atoms with E-state index < -0.39 is 27.1 Å². The fourth-order valence-corrected chi connectivity index (χ4v) is 2.68. The average Bonchev–Trinajstić information content (AvgIpc) is 2.26. The van der Waals surface area contributed by atoms with Gasteiger partial charge in [-0.2, -0.15) is 13.9 Å². The van der Waals surface area contributed by atoms with Gasteiger partial charge in [-0.15, -0.1) is 4.28 Å². The zero-order valence-corrected chi connectivity index (χ0v) is 11.7. The molecule has 0 bridgehead atoms. The van der Waals surface area contributed by atoms with Crippen molar-refractivity contribution in [1.29, 1.82) is 0 Å². The SMILES string of the molecule is CC(C)(C)OC(=O)NOS(=O)(=O)C1CCNCC1. The maximum absolute atomic E-state index is 11.7. The van der Waals surface area contributed by atoms with Crippen LogP contribution in [0, 0.1) is 0 Å². The lowest BCUT2D eigenvalue weighted by atomic mass is 10.2. The Labute approximate surface area is 107 Å². The smallest absolute Gasteiger partial charge is 0.432 e. The van der Waals surface area contributed by atoms with Crippen molar-refractivity contribution in [3.8, 4) is 0 Å². The fraction of sp³-hybridized carbons (Fsp3) is 0.900. The highest BCUT2D eigenvalue weighted by Gasteiger charge is 2.29. The van der Waals surface area contributed by atoms with Gasteiger partial charge >= 0.3 is 6.09 Å². The normalized spacial score (nSPS) is 18.4. The molecule has 0 radical (unpaired) electrons. The number of amides is 1. The van der Waals surface area contributed by atoms with Crippen molar-refractivity contribution in [3.05, 3.63) is 0 Å². The van der Waals surface area contributed by atoms with Crippen molar-refractivity contribution in [1.82, 2.24) is 10.8 Å². The number of piperidine rings is 1. The van der Waals surface area contributed by atoms with E-state index in [0.717, 1.165) is 0 Å². The van der Waals surface area contributed by atoms with Gasteiger partial charge in [0.2, 0.25) is 0 Å². The monoisotopic (exact) mass is 280 g/mol. The predicted octanol–water partition coefficient (Wildman–Crippen LogP) is 0.524. The Balaban J connectivity index is 2.44. The first-order valence-corrected chi connectivity index (χ1v) is 7.30. The van der Waals surface area contributed by atoms with Crippen LogP contribution in [0.25, 0.3) is 0 Å². The number of hydroxylamine groups is 1. The summed E-state index contributed by atoms with van der Waals surface area (Å²) < 4.78 is 32.8. The molecular weight excluding hydrogens is 260 g/mol. The molecule has 0 spiro atoms. The number of nitrogens with one attached hydrogen (secondary N) is 2. The second-order valence-electron chi connectivity index (χ2n) is 5.13. The Bertz CT molecular complexity index is 382. The van der Waals surface area contributed by atoms with Crippen LogP contribution in [0.1, 0.15) is 33.6 Å². The summed E-state index contributed by atoms with van der Waals surface area (Å²) in [5.74, 6) is 0. The second kappa shape index (κ2) is 5.85. The minimum atomic E-state index is -3.79. The van der Waals surface area contributed by atoms with Gasteiger partial charge in [0, 0.05) is 0 Å². The van der Waals surface area contributed by atoms with Gasteiger partial charge in [-0.1, -0.05) is 0 Å². The van der Waals surface area contributed by atoms with Gasteiger partial charge in [0.05, 0.1) is 5.25 Å². The van der Waals surface area contributed by atoms with Crippen LogP contribution in [0.15, 0.2) is 0 Å². The molecule has 1 rings (SSSR count). The van der Waals surface area contributed by atoms with Crippen molar-refractivity contribution in [3.63, 3.8) is 0 Å². The molecule has 0 aromatic rings. The van der Waals surface area contributed by atoms with E-state index in [-0.39, 0.29) is 0 Å². The standard InChI is InChI=1S/C10H20N2O5S/c1-10(2,3)16-9(13)12-17-18(14,15)8-4-6-11-7-5-8/h8,11H,4-7H2,1-3H3,(H,12,13). The van der Waals surface area contributed by atoms with Crippen molar-refractivity contribution < 1.29 is 22.2 Å². The molecule has 1 saturated heterocycles. The van der Waals surface area contributed by atoms with Gasteiger partial charge in [-0.05, 0) is 46.7 Å². The Morgan fingerprint density at radius 2 is 1.83 bits per heavy atom. The molecule has 1 aliphatic rings. The number of hydrogen-bond acceptors (Lipinski definition) is 6. The summed E-state index contributed by atoms with van der Waals surface area (Å²) in [5, 5.41) is 2.46. The molecule has 2 N–H and O–H groups in total. The molecule has 0 aromatic carbocycles. The number of ether oxygens (including phenoxy) is 1. The molecule has 0 atom stereocenters. The van der Waals surface area contributed by atoms with Crippen molar-refractivity contribution in [2.75, 3.05) is 13.1 Å². The number of rotatable bonds is 3. The average molecular weight is 280 g/mol. The van der Waals surface area contributed by atoms with E-state index in [1.807, 2.05) is 5.48 Å². The summed E-state index contributed by atoms with van der Waals surface area (Å²) in [6.07, 6.45) is 0.0245. The fourth-order valence-electron chi connectivity index (χ4n) is 1.54. The first-order chi connectivity index (χ1) is 8.21. The maximum Gasteiger partial charge on any atom is 0.432 e. The largest absolute Gasteiger partial charge is 0.442 e. The zero-order chi connectivity index (χ0) is 13.8. The topological polar surface area (TPSA) is 93.7 Å². The molecule has 1 heterocycles. The van der Waals surface area contributed by atoms with Crippen LogP contribution in [0.4, 0.5) is 4.79 Å². The van der Waals surface area contributed by atoms with Crippen LogP contribution in [-0.4, -0.2) is 38.5 Å². The molecule has 8 heteroatoms. The van der Waals surface area contributed by atoms with Crippen molar-refractivity contribution in [2.24, 2.45) is 0 Å². The van der Waals surface area contributed by atoms with Gasteiger partial charge in [0.1, 0.15) is 5.60 Å². The summed E-state index contributed by atoms with van der Waals surface area (Å²) >= 11 is 0. The minimum absolute atomic E-state index is 0.471. The van der Waals surface area contributed by atoms with Crippen LogP contribution >= 0.6 is 0 Å². The number of carbonyl (C=O) groups excluding carboxylic acids is 1. The minimum Gasteiger partial charge on any atom is -0.442 e. The van der Waals surface area contributed by atoms with E-state index >= 15 is 0 Å². The van der Waals surface area contributed by atoms with Crippen molar-refractivity contribution in [2.45, 2.75) is 44.5 Å². The van der Waals surface area contributed by atoms with Gasteiger partial charge in [0.15, 0.2) is 0 Å². The van der Waals surface area contributed by atoms with E-state index in [4.69, 9.17) is 4.74 Å². The third-order valence-corrected chi connectivity index (χ3v) is 3.94. The predicted molar refractivity (Wildman–Crippen MR) is 65.3 cm³/mol. The molecule has 7 nitrogen and oxygen atoms in total. The lowest BCUT2D eigenvalue weighted by molar-refractivity contribution is 0.0295. The second-order valence-corrected chi connectivity index (χ2v) is 6.95. The van der Waals surface area contributed by atoms with Crippen LogP contribution < -0.4 is 10.8 Å². The van der Waals surface area contributed by atoms with Crippen LogP contribution in [0.5, 0.6) is 0 Å². The Kier molecular flexibility index (Phi) is 4.94. The molecule has 106 valence electrons. The maximum atomic E-state index is 11.7. The van der Waals surface area contributed by atoms with E-state index in [1.54, 1.807) is 20.8 Å². The summed E-state index contributed by atoms with van der Waals surface area (Å²) in [5.41, 5.74) is 1.10. The Morgan fingerprint density at radius 3 is 2.33 bits per heavy atom. The molecule has 1 amide bonds. The molecule has 0 aromatic heterocycles. The molecule has 18 heavy (non-hydrogen) atoms. The molecular formula is C10H20N2O5S. The molecule has 0 aliphatic carbocycles. The zero-order valence-electron chi connectivity index (χ0n) is 10.9. The third kappa shape index (κ3) is 5.19.